The van der Waals surface area contributed by atoms with Crippen molar-refractivity contribution >= 4 is 85.2 Å². The highest BCUT2D eigenvalue weighted by atomic mass is 32.2. The number of thiocarbonyl (C=S) groups is 1. The minimum atomic E-state index is -0.238. The molecule has 1 aliphatic rings. The van der Waals surface area contributed by atoms with Gasteiger partial charge in [-0.3, -0.25) is 14.5 Å². The fraction of sp³-hybridized carbons (Fsp3) is 0.148. The second-order valence-electron chi connectivity index (χ2n) is 8.34. The Balaban J connectivity index is 1.13. The smallest absolute Gasteiger partial charge is 0.266 e. The minimum Gasteiger partial charge on any atom is -0.300 e. The quantitative estimate of drug-likeness (QED) is 0.113. The lowest BCUT2D eigenvalue weighted by Gasteiger charge is -2.13. The molecule has 6 nitrogen and oxygen atoms in total. The van der Waals surface area contributed by atoms with Crippen LogP contribution in [-0.4, -0.2) is 37.8 Å². The Labute approximate surface area is 232 Å². The van der Waals surface area contributed by atoms with Crippen molar-refractivity contribution in [2.24, 2.45) is 0 Å². The summed E-state index contributed by atoms with van der Waals surface area (Å²) in [6.07, 6.45) is 1.94. The summed E-state index contributed by atoms with van der Waals surface area (Å²) in [6, 6.07) is 22.5. The molecule has 2 amide bonds. The summed E-state index contributed by atoms with van der Waals surface area (Å²) in [4.78, 5) is 27.4. The molecular weight excluding hydrogens is 541 g/mol. The molecule has 1 aromatic heterocycles. The molecule has 3 aromatic carbocycles. The average Bonchev–Trinajstić information content (AvgIpc) is 3.45. The predicted octanol–water partition coefficient (Wildman–Crippen LogP) is 6.52. The molecule has 0 saturated carbocycles. The molecule has 1 fully saturated rings. The van der Waals surface area contributed by atoms with Crippen LogP contribution >= 0.6 is 47.1 Å². The van der Waals surface area contributed by atoms with Crippen LogP contribution in [0.4, 0.5) is 5.13 Å². The molecule has 10 heteroatoms. The Morgan fingerprint density at radius 2 is 1.86 bits per heavy atom. The van der Waals surface area contributed by atoms with Crippen LogP contribution in [0.5, 0.6) is 0 Å². The van der Waals surface area contributed by atoms with E-state index in [1.165, 1.54) is 44.3 Å². The fourth-order valence-electron chi connectivity index (χ4n) is 3.78. The lowest BCUT2D eigenvalue weighted by atomic mass is 10.1. The van der Waals surface area contributed by atoms with Gasteiger partial charge < -0.3 is 5.32 Å². The topological polar surface area (TPSA) is 75.2 Å². The Hall–Kier alpha value is -3.05. The maximum atomic E-state index is 12.8. The number of hydrogen-bond donors (Lipinski definition) is 1. The molecule has 0 atom stereocenters. The SMILES string of the molecule is Cc1ccc(/C=C2\SC(=S)N(CCC(=O)Nc3nnc(SCc4cccc5ccccc45)s3)C2=O)cc1. The molecule has 0 unspecified atom stereocenters. The van der Waals surface area contributed by atoms with Crippen molar-refractivity contribution in [3.8, 4) is 0 Å². The van der Waals surface area contributed by atoms with E-state index in [2.05, 4.69) is 45.8 Å². The number of nitrogens with one attached hydrogen (secondary N) is 1. The Bertz CT molecular complexity index is 1510. The Morgan fingerprint density at radius 1 is 1.08 bits per heavy atom. The number of carbonyl (C=O) groups excluding carboxylic acids is 2. The lowest BCUT2D eigenvalue weighted by molar-refractivity contribution is -0.122. The maximum Gasteiger partial charge on any atom is 0.266 e. The Morgan fingerprint density at radius 3 is 2.70 bits per heavy atom. The number of carbonyl (C=O) groups is 2. The van der Waals surface area contributed by atoms with Crippen LogP contribution in [0.3, 0.4) is 0 Å². The third-order valence-corrected chi connectivity index (χ3v) is 9.09. The molecule has 5 rings (SSSR count). The van der Waals surface area contributed by atoms with Crippen LogP contribution in [0, 0.1) is 6.92 Å². The van der Waals surface area contributed by atoms with Crippen molar-refractivity contribution in [3.05, 3.63) is 88.3 Å². The molecule has 0 aliphatic carbocycles. The molecule has 4 aromatic rings. The van der Waals surface area contributed by atoms with Gasteiger partial charge in [0.15, 0.2) is 4.34 Å². The van der Waals surface area contributed by atoms with Crippen molar-refractivity contribution in [2.45, 2.75) is 23.4 Å². The molecule has 37 heavy (non-hydrogen) atoms. The number of anilines is 1. The maximum absolute atomic E-state index is 12.8. The highest BCUT2D eigenvalue weighted by Crippen LogP contribution is 2.33. The van der Waals surface area contributed by atoms with Crippen LogP contribution in [0.15, 0.2) is 76.0 Å². The first kappa shape index (κ1) is 25.6. The third-order valence-electron chi connectivity index (χ3n) is 5.70. The van der Waals surface area contributed by atoms with Crippen LogP contribution in [-0.2, 0) is 15.3 Å². The number of aromatic nitrogens is 2. The van der Waals surface area contributed by atoms with Crippen LogP contribution < -0.4 is 5.32 Å². The number of rotatable bonds is 8. The number of fused-ring (bicyclic) bond motifs is 1. The molecule has 0 radical (unpaired) electrons. The molecule has 1 aliphatic heterocycles. The zero-order valence-electron chi connectivity index (χ0n) is 19.8. The first-order chi connectivity index (χ1) is 18.0. The van der Waals surface area contributed by atoms with Gasteiger partial charge >= 0.3 is 0 Å². The molecule has 0 spiro atoms. The average molecular weight is 563 g/mol. The number of aryl methyl sites for hydroxylation is 1. The van der Waals surface area contributed by atoms with E-state index in [0.29, 0.717) is 14.4 Å². The van der Waals surface area contributed by atoms with E-state index >= 15 is 0 Å². The second-order valence-corrected chi connectivity index (χ2v) is 12.2. The summed E-state index contributed by atoms with van der Waals surface area (Å²) in [5.74, 6) is 0.346. The predicted molar refractivity (Wildman–Crippen MR) is 158 cm³/mol. The fourth-order valence-corrected chi connectivity index (χ4v) is 6.86. The second kappa shape index (κ2) is 11.6. The summed E-state index contributed by atoms with van der Waals surface area (Å²) in [6.45, 7) is 2.23. The van der Waals surface area contributed by atoms with Gasteiger partial charge in [-0.05, 0) is 34.9 Å². The summed E-state index contributed by atoms with van der Waals surface area (Å²) in [5, 5.41) is 14.0. The van der Waals surface area contributed by atoms with Crippen LogP contribution in [0.1, 0.15) is 23.1 Å². The van der Waals surface area contributed by atoms with Crippen molar-refractivity contribution in [1.29, 1.82) is 0 Å². The van der Waals surface area contributed by atoms with Gasteiger partial charge in [0.25, 0.3) is 5.91 Å². The van der Waals surface area contributed by atoms with Crippen molar-refractivity contribution in [2.75, 3.05) is 11.9 Å². The summed E-state index contributed by atoms with van der Waals surface area (Å²) < 4.78 is 1.24. The van der Waals surface area contributed by atoms with Gasteiger partial charge in [0.05, 0.1) is 4.91 Å². The van der Waals surface area contributed by atoms with Crippen LogP contribution in [0.2, 0.25) is 0 Å². The van der Waals surface area contributed by atoms with E-state index in [9.17, 15) is 9.59 Å². The van der Waals surface area contributed by atoms with E-state index in [-0.39, 0.29) is 24.8 Å². The van der Waals surface area contributed by atoms with E-state index < -0.39 is 0 Å². The molecule has 2 heterocycles. The van der Waals surface area contributed by atoms with Gasteiger partial charge in [-0.15, -0.1) is 10.2 Å². The molecule has 1 N–H and O–H groups in total. The zero-order chi connectivity index (χ0) is 25.8. The molecule has 0 bridgehead atoms. The monoisotopic (exact) mass is 562 g/mol. The third kappa shape index (κ3) is 6.27. The van der Waals surface area contributed by atoms with Gasteiger partial charge in [0, 0.05) is 18.7 Å². The van der Waals surface area contributed by atoms with Gasteiger partial charge in [-0.1, -0.05) is 119 Å². The zero-order valence-corrected chi connectivity index (χ0v) is 23.1. The molecule has 186 valence electrons. The van der Waals surface area contributed by atoms with E-state index in [1.807, 2.05) is 49.4 Å². The number of amides is 2. The lowest BCUT2D eigenvalue weighted by Crippen LogP contribution is -2.31. The number of thioether (sulfide) groups is 2. The number of hydrogen-bond acceptors (Lipinski definition) is 8. The van der Waals surface area contributed by atoms with E-state index in [1.54, 1.807) is 11.8 Å². The van der Waals surface area contributed by atoms with E-state index in [0.717, 1.165) is 21.2 Å². The van der Waals surface area contributed by atoms with Crippen molar-refractivity contribution in [3.63, 3.8) is 0 Å². The summed E-state index contributed by atoms with van der Waals surface area (Å²) >= 11 is 9.57. The molecular formula is C27H22N4O2S4. The van der Waals surface area contributed by atoms with Gasteiger partial charge in [-0.2, -0.15) is 0 Å². The molecule has 1 saturated heterocycles. The summed E-state index contributed by atoms with van der Waals surface area (Å²) in [5.41, 5.74) is 3.32. The first-order valence-electron chi connectivity index (χ1n) is 11.5. The van der Waals surface area contributed by atoms with Gasteiger partial charge in [0.1, 0.15) is 4.32 Å². The first-order valence-corrected chi connectivity index (χ1v) is 14.5. The summed E-state index contributed by atoms with van der Waals surface area (Å²) in [7, 11) is 0. The van der Waals surface area contributed by atoms with Crippen LogP contribution in [0.25, 0.3) is 16.8 Å². The largest absolute Gasteiger partial charge is 0.300 e. The normalized spacial score (nSPS) is 14.6. The number of nitrogens with zero attached hydrogens (tertiary/aromatic N) is 3. The highest BCUT2D eigenvalue weighted by Gasteiger charge is 2.32. The van der Waals surface area contributed by atoms with Crippen molar-refractivity contribution < 1.29 is 9.59 Å². The van der Waals surface area contributed by atoms with Crippen molar-refractivity contribution in [1.82, 2.24) is 15.1 Å². The number of benzene rings is 3. The van der Waals surface area contributed by atoms with E-state index in [4.69, 9.17) is 12.2 Å². The minimum absolute atomic E-state index is 0.113. The standard InChI is InChI=1S/C27H22N4O2S4/c1-17-9-11-18(12-10-17)15-22-24(33)31(27(34)36-22)14-13-23(32)28-25-29-30-26(37-25)35-16-20-7-4-6-19-5-2-3-8-21(19)20/h2-12,15H,13-14,16H2,1H3,(H,28,29,32)/b22-15-. The van der Waals surface area contributed by atoms with Gasteiger partial charge in [0.2, 0.25) is 11.0 Å². The Kier molecular flexibility index (Phi) is 7.99. The highest BCUT2D eigenvalue weighted by molar-refractivity contribution is 8.26. The van der Waals surface area contributed by atoms with Gasteiger partial charge in [-0.25, -0.2) is 0 Å².